The number of hydrogen-bond donors (Lipinski definition) is 0. The molecule has 0 saturated carbocycles. The monoisotopic (exact) mass is 546 g/mol. The summed E-state index contributed by atoms with van der Waals surface area (Å²) in [5, 5.41) is 0. The maximum absolute atomic E-state index is 2.49. The van der Waals surface area contributed by atoms with Crippen LogP contribution in [0, 0.1) is 13.8 Å². The van der Waals surface area contributed by atoms with Crippen LogP contribution >= 0.6 is 0 Å². The van der Waals surface area contributed by atoms with Gasteiger partial charge in [0.25, 0.3) is 0 Å². The highest BCUT2D eigenvalue weighted by atomic mass is 15.2. The lowest BCUT2D eigenvalue weighted by molar-refractivity contribution is 0.554. The lowest BCUT2D eigenvalue weighted by Crippen LogP contribution is -2.42. The summed E-state index contributed by atoms with van der Waals surface area (Å²) in [5.41, 5.74) is 12.0. The number of benzene rings is 5. The highest BCUT2D eigenvalue weighted by Crippen LogP contribution is 2.41. The largest absolute Gasteiger partial charge is 0.332 e. The van der Waals surface area contributed by atoms with Crippen molar-refractivity contribution < 1.29 is 0 Å². The summed E-state index contributed by atoms with van der Waals surface area (Å²) in [6, 6.07) is 46.0. The predicted molar refractivity (Wildman–Crippen MR) is 181 cm³/mol. The van der Waals surface area contributed by atoms with Gasteiger partial charge in [0.05, 0.1) is 5.54 Å². The Labute approximate surface area is 250 Å². The third-order valence-electron chi connectivity index (χ3n) is 8.10. The molecule has 0 aromatic heterocycles. The van der Waals surface area contributed by atoms with Gasteiger partial charge in [0.2, 0.25) is 0 Å². The Kier molecular flexibility index (Phi) is 7.54. The minimum absolute atomic E-state index is 0.146. The molecular weight excluding hydrogens is 508 g/mol. The zero-order valence-corrected chi connectivity index (χ0v) is 25.0. The molecule has 0 N–H and O–H groups in total. The maximum Gasteiger partial charge on any atom is 0.0645 e. The zero-order valence-electron chi connectivity index (χ0n) is 25.0. The Morgan fingerprint density at radius 1 is 0.524 bits per heavy atom. The molecule has 1 aliphatic rings. The maximum atomic E-state index is 2.49. The average Bonchev–Trinajstić information content (AvgIpc) is 2.99. The lowest BCUT2D eigenvalue weighted by Gasteiger charge is -2.43. The van der Waals surface area contributed by atoms with Crippen molar-refractivity contribution >= 4 is 28.4 Å². The van der Waals surface area contributed by atoms with E-state index < -0.39 is 0 Å². The zero-order chi connectivity index (χ0) is 29.1. The number of anilines is 5. The summed E-state index contributed by atoms with van der Waals surface area (Å²) in [4.78, 5) is 4.80. The van der Waals surface area contributed by atoms with E-state index >= 15 is 0 Å². The fourth-order valence-electron chi connectivity index (χ4n) is 6.16. The molecule has 0 fully saturated rings. The second-order valence-electron chi connectivity index (χ2n) is 11.7. The standard InChI is InChI=1S/C40H38N2/c1-30-11-8-16-38(27-30)41(35-14-6-5-7-15-35)36-22-18-33(19-23-36)34-20-24-37(25-21-34)42(39-17-9-12-31(2)28-39)40(4)26-10-13-32(3)29-40/h5-28H,29H2,1-4H3. The average molecular weight is 547 g/mol. The van der Waals surface area contributed by atoms with Crippen LogP contribution in [0.2, 0.25) is 0 Å². The molecule has 1 aliphatic carbocycles. The van der Waals surface area contributed by atoms with E-state index in [1.165, 1.54) is 39.2 Å². The molecule has 0 amide bonds. The van der Waals surface area contributed by atoms with Gasteiger partial charge in [-0.25, -0.2) is 0 Å². The molecule has 2 nitrogen and oxygen atoms in total. The molecule has 42 heavy (non-hydrogen) atoms. The van der Waals surface area contributed by atoms with Gasteiger partial charge < -0.3 is 9.80 Å². The van der Waals surface area contributed by atoms with Crippen molar-refractivity contribution in [3.8, 4) is 11.1 Å². The van der Waals surface area contributed by atoms with Gasteiger partial charge in [-0.15, -0.1) is 0 Å². The van der Waals surface area contributed by atoms with E-state index in [4.69, 9.17) is 0 Å². The fraction of sp³-hybridized carbons (Fsp3) is 0.150. The quantitative estimate of drug-likeness (QED) is 0.200. The molecule has 0 radical (unpaired) electrons. The molecule has 208 valence electrons. The lowest BCUT2D eigenvalue weighted by atomic mass is 9.86. The van der Waals surface area contributed by atoms with E-state index in [-0.39, 0.29) is 5.54 Å². The molecule has 0 saturated heterocycles. The van der Waals surface area contributed by atoms with E-state index in [1.54, 1.807) is 0 Å². The molecule has 1 atom stereocenters. The van der Waals surface area contributed by atoms with Crippen molar-refractivity contribution in [2.45, 2.75) is 39.7 Å². The number of nitrogens with zero attached hydrogens (tertiary/aromatic N) is 2. The van der Waals surface area contributed by atoms with Crippen molar-refractivity contribution in [2.24, 2.45) is 0 Å². The topological polar surface area (TPSA) is 6.48 Å². The van der Waals surface area contributed by atoms with Crippen LogP contribution in [-0.2, 0) is 0 Å². The summed E-state index contributed by atoms with van der Waals surface area (Å²) in [7, 11) is 0. The first-order chi connectivity index (χ1) is 20.4. The van der Waals surface area contributed by atoms with Crippen LogP contribution in [0.5, 0.6) is 0 Å². The fourth-order valence-corrected chi connectivity index (χ4v) is 6.16. The predicted octanol–water partition coefficient (Wildman–Crippen LogP) is 11.2. The summed E-state index contributed by atoms with van der Waals surface area (Å²) in [5.74, 6) is 0. The highest BCUT2D eigenvalue weighted by Gasteiger charge is 2.32. The molecular formula is C40H38N2. The Morgan fingerprint density at radius 3 is 1.64 bits per heavy atom. The number of allylic oxidation sites excluding steroid dienone is 2. The van der Waals surface area contributed by atoms with Gasteiger partial charge in [-0.3, -0.25) is 0 Å². The van der Waals surface area contributed by atoms with Crippen molar-refractivity contribution in [1.82, 2.24) is 0 Å². The molecule has 1 unspecified atom stereocenters. The molecule has 0 spiro atoms. The Morgan fingerprint density at radius 2 is 1.05 bits per heavy atom. The van der Waals surface area contributed by atoms with Crippen LogP contribution in [0.1, 0.15) is 31.4 Å². The van der Waals surface area contributed by atoms with Gasteiger partial charge in [0.15, 0.2) is 0 Å². The Hall–Kier alpha value is -4.82. The molecule has 6 rings (SSSR count). The van der Waals surface area contributed by atoms with E-state index in [1.807, 2.05) is 0 Å². The van der Waals surface area contributed by atoms with E-state index in [2.05, 4.69) is 183 Å². The summed E-state index contributed by atoms with van der Waals surface area (Å²) >= 11 is 0. The summed E-state index contributed by atoms with van der Waals surface area (Å²) in [6.45, 7) is 8.86. The number of hydrogen-bond acceptors (Lipinski definition) is 2. The first-order valence-electron chi connectivity index (χ1n) is 14.7. The summed E-state index contributed by atoms with van der Waals surface area (Å²) < 4.78 is 0. The van der Waals surface area contributed by atoms with Gasteiger partial charge in [-0.1, -0.05) is 90.5 Å². The summed E-state index contributed by atoms with van der Waals surface area (Å²) in [6.07, 6.45) is 7.75. The molecule has 2 heteroatoms. The van der Waals surface area contributed by atoms with Crippen LogP contribution in [0.15, 0.2) is 151 Å². The van der Waals surface area contributed by atoms with Crippen LogP contribution in [0.4, 0.5) is 28.4 Å². The van der Waals surface area contributed by atoms with Gasteiger partial charge >= 0.3 is 0 Å². The number of aryl methyl sites for hydroxylation is 2. The molecule has 0 heterocycles. The first kappa shape index (κ1) is 27.4. The van der Waals surface area contributed by atoms with Crippen LogP contribution in [0.25, 0.3) is 11.1 Å². The third kappa shape index (κ3) is 5.66. The van der Waals surface area contributed by atoms with E-state index in [0.717, 1.165) is 23.5 Å². The Bertz CT molecular complexity index is 1730. The molecule has 5 aromatic carbocycles. The van der Waals surface area contributed by atoms with Crippen molar-refractivity contribution in [3.05, 3.63) is 162 Å². The minimum Gasteiger partial charge on any atom is -0.332 e. The third-order valence-corrected chi connectivity index (χ3v) is 8.10. The SMILES string of the molecule is CC1=CC=CC(C)(N(c2ccc(-c3ccc(N(c4ccccc4)c4cccc(C)c4)cc3)cc2)c2cccc(C)c2)C1. The van der Waals surface area contributed by atoms with Crippen molar-refractivity contribution in [3.63, 3.8) is 0 Å². The highest BCUT2D eigenvalue weighted by molar-refractivity contribution is 5.79. The first-order valence-corrected chi connectivity index (χ1v) is 14.7. The smallest absolute Gasteiger partial charge is 0.0645 e. The second kappa shape index (κ2) is 11.6. The van der Waals surface area contributed by atoms with Gasteiger partial charge in [-0.05, 0) is 117 Å². The van der Waals surface area contributed by atoms with E-state index in [0.29, 0.717) is 0 Å². The molecule has 5 aromatic rings. The van der Waals surface area contributed by atoms with Crippen LogP contribution < -0.4 is 9.80 Å². The van der Waals surface area contributed by atoms with Crippen LogP contribution in [0.3, 0.4) is 0 Å². The van der Waals surface area contributed by atoms with Gasteiger partial charge in [-0.2, -0.15) is 0 Å². The van der Waals surface area contributed by atoms with Crippen LogP contribution in [-0.4, -0.2) is 5.54 Å². The van der Waals surface area contributed by atoms with E-state index in [9.17, 15) is 0 Å². The van der Waals surface area contributed by atoms with Crippen molar-refractivity contribution in [2.75, 3.05) is 9.80 Å². The Balaban J connectivity index is 1.33. The number of rotatable bonds is 7. The van der Waals surface area contributed by atoms with Gasteiger partial charge in [0, 0.05) is 28.4 Å². The van der Waals surface area contributed by atoms with Gasteiger partial charge in [0.1, 0.15) is 0 Å². The van der Waals surface area contributed by atoms with Crippen molar-refractivity contribution in [1.29, 1.82) is 0 Å². The molecule has 0 aliphatic heterocycles. The number of para-hydroxylation sites is 1. The molecule has 0 bridgehead atoms. The normalized spacial score (nSPS) is 16.1. The minimum atomic E-state index is -0.146. The second-order valence-corrected chi connectivity index (χ2v) is 11.7.